The third-order valence-corrected chi connectivity index (χ3v) is 4.47. The standard InChI is InChI=1S/C12H16INOS/c1-2-14-12(9-4-3-5-15-7-9)10-6-11(13)16-8-10/h6-8,12,14H,2-5H2,1H3. The van der Waals surface area contributed by atoms with E-state index >= 15 is 0 Å². The molecule has 0 spiro atoms. The first kappa shape index (κ1) is 12.4. The molecule has 1 N–H and O–H groups in total. The van der Waals surface area contributed by atoms with Gasteiger partial charge in [0.2, 0.25) is 0 Å². The van der Waals surface area contributed by atoms with E-state index < -0.39 is 0 Å². The van der Waals surface area contributed by atoms with Crippen LogP contribution >= 0.6 is 33.9 Å². The van der Waals surface area contributed by atoms with Crippen LogP contribution in [0.1, 0.15) is 31.4 Å². The summed E-state index contributed by atoms with van der Waals surface area (Å²) in [6.07, 6.45) is 4.22. The number of rotatable bonds is 4. The molecule has 16 heavy (non-hydrogen) atoms. The second-order valence-corrected chi connectivity index (χ2v) is 6.65. The van der Waals surface area contributed by atoms with Crippen LogP contribution in [0.25, 0.3) is 0 Å². The number of hydrogen-bond donors (Lipinski definition) is 1. The third kappa shape index (κ3) is 2.99. The smallest absolute Gasteiger partial charge is 0.0876 e. The first-order valence-electron chi connectivity index (χ1n) is 5.59. The topological polar surface area (TPSA) is 21.3 Å². The summed E-state index contributed by atoms with van der Waals surface area (Å²) < 4.78 is 6.78. The zero-order chi connectivity index (χ0) is 11.4. The van der Waals surface area contributed by atoms with Crippen molar-refractivity contribution in [2.24, 2.45) is 0 Å². The Kier molecular flexibility index (Phi) is 4.66. The Balaban J connectivity index is 2.19. The molecule has 1 aliphatic rings. The largest absolute Gasteiger partial charge is 0.501 e. The van der Waals surface area contributed by atoms with Crippen LogP contribution in [0, 0.1) is 2.88 Å². The molecule has 1 unspecified atom stereocenters. The number of hydrogen-bond acceptors (Lipinski definition) is 3. The summed E-state index contributed by atoms with van der Waals surface area (Å²) in [6.45, 7) is 3.99. The maximum absolute atomic E-state index is 5.44. The van der Waals surface area contributed by atoms with Crippen molar-refractivity contribution in [2.45, 2.75) is 25.8 Å². The highest BCUT2D eigenvalue weighted by atomic mass is 127. The molecule has 1 aromatic heterocycles. The van der Waals surface area contributed by atoms with Crippen molar-refractivity contribution in [1.82, 2.24) is 5.32 Å². The van der Waals surface area contributed by atoms with Crippen LogP contribution in [0.3, 0.4) is 0 Å². The fourth-order valence-corrected chi connectivity index (χ4v) is 3.34. The Morgan fingerprint density at radius 3 is 3.06 bits per heavy atom. The Hall–Kier alpha value is -0.0700. The highest BCUT2D eigenvalue weighted by molar-refractivity contribution is 14.1. The van der Waals surface area contributed by atoms with Gasteiger partial charge in [0.05, 0.1) is 21.8 Å². The van der Waals surface area contributed by atoms with Crippen LogP contribution in [0.15, 0.2) is 23.3 Å². The van der Waals surface area contributed by atoms with E-state index in [1.807, 2.05) is 6.26 Å². The van der Waals surface area contributed by atoms with Crippen LogP contribution in [0.4, 0.5) is 0 Å². The molecule has 0 aromatic carbocycles. The van der Waals surface area contributed by atoms with E-state index in [2.05, 4.69) is 46.3 Å². The molecule has 0 aliphatic carbocycles. The SMILES string of the molecule is CCNC(C1=COCCC1)c1csc(I)c1. The monoisotopic (exact) mass is 349 g/mol. The summed E-state index contributed by atoms with van der Waals surface area (Å²) in [5.74, 6) is 0. The summed E-state index contributed by atoms with van der Waals surface area (Å²) in [5.41, 5.74) is 2.75. The lowest BCUT2D eigenvalue weighted by Crippen LogP contribution is -2.23. The molecule has 0 amide bonds. The van der Waals surface area contributed by atoms with Crippen molar-refractivity contribution in [1.29, 1.82) is 0 Å². The van der Waals surface area contributed by atoms with Gasteiger partial charge in [-0.25, -0.2) is 0 Å². The van der Waals surface area contributed by atoms with Gasteiger partial charge in [-0.2, -0.15) is 0 Å². The lowest BCUT2D eigenvalue weighted by Gasteiger charge is -2.23. The molecule has 2 heterocycles. The highest BCUT2D eigenvalue weighted by Gasteiger charge is 2.19. The molecular weight excluding hydrogens is 333 g/mol. The number of ether oxygens (including phenoxy) is 1. The number of halogens is 1. The molecule has 2 rings (SSSR count). The van der Waals surface area contributed by atoms with Gasteiger partial charge in [-0.1, -0.05) is 6.92 Å². The van der Waals surface area contributed by atoms with E-state index in [4.69, 9.17) is 4.74 Å². The molecule has 0 radical (unpaired) electrons. The van der Waals surface area contributed by atoms with Gasteiger partial charge in [0.25, 0.3) is 0 Å². The summed E-state index contributed by atoms with van der Waals surface area (Å²) >= 11 is 4.17. The lowest BCUT2D eigenvalue weighted by molar-refractivity contribution is 0.219. The average Bonchev–Trinajstić information content (AvgIpc) is 2.74. The second kappa shape index (κ2) is 6.02. The van der Waals surface area contributed by atoms with E-state index in [1.165, 1.54) is 14.0 Å². The van der Waals surface area contributed by atoms with Crippen molar-refractivity contribution >= 4 is 33.9 Å². The van der Waals surface area contributed by atoms with Gasteiger partial charge in [0.15, 0.2) is 0 Å². The minimum atomic E-state index is 0.338. The van der Waals surface area contributed by atoms with E-state index in [0.29, 0.717) is 6.04 Å². The van der Waals surface area contributed by atoms with Crippen LogP contribution in [0.5, 0.6) is 0 Å². The molecule has 88 valence electrons. The predicted octanol–water partition coefficient (Wildman–Crippen LogP) is 3.70. The zero-order valence-corrected chi connectivity index (χ0v) is 12.3. The molecule has 1 atom stereocenters. The third-order valence-electron chi connectivity index (χ3n) is 2.66. The summed E-state index contributed by atoms with van der Waals surface area (Å²) in [5, 5.41) is 5.78. The van der Waals surface area contributed by atoms with Gasteiger partial charge in [-0.3, -0.25) is 0 Å². The van der Waals surface area contributed by atoms with E-state index in [0.717, 1.165) is 26.0 Å². The average molecular weight is 349 g/mol. The quantitative estimate of drug-likeness (QED) is 0.837. The molecule has 0 saturated carbocycles. The first-order valence-corrected chi connectivity index (χ1v) is 7.55. The molecule has 0 bridgehead atoms. The van der Waals surface area contributed by atoms with Gasteiger partial charge in [0.1, 0.15) is 0 Å². The van der Waals surface area contributed by atoms with Crippen LogP contribution in [-0.2, 0) is 4.74 Å². The van der Waals surface area contributed by atoms with Crippen molar-refractivity contribution in [3.8, 4) is 0 Å². The van der Waals surface area contributed by atoms with Crippen molar-refractivity contribution in [3.05, 3.63) is 31.7 Å². The second-order valence-electron chi connectivity index (χ2n) is 3.84. The Bertz CT molecular complexity index is 375. The first-order chi connectivity index (χ1) is 7.81. The molecular formula is C12H16INOS. The van der Waals surface area contributed by atoms with Crippen LogP contribution in [-0.4, -0.2) is 13.2 Å². The number of likely N-dealkylation sites (N-methyl/N-ethyl adjacent to an activating group) is 1. The van der Waals surface area contributed by atoms with Crippen molar-refractivity contribution < 1.29 is 4.74 Å². The fraction of sp³-hybridized carbons (Fsp3) is 0.500. The van der Waals surface area contributed by atoms with Gasteiger partial charge >= 0.3 is 0 Å². The fourth-order valence-electron chi connectivity index (χ4n) is 1.94. The maximum atomic E-state index is 5.44. The van der Waals surface area contributed by atoms with Gasteiger partial charge in [-0.15, -0.1) is 11.3 Å². The Labute approximate surface area is 114 Å². The van der Waals surface area contributed by atoms with Gasteiger partial charge < -0.3 is 10.1 Å². The molecule has 0 saturated heterocycles. The van der Waals surface area contributed by atoms with Crippen LogP contribution in [0.2, 0.25) is 0 Å². The van der Waals surface area contributed by atoms with Crippen LogP contribution < -0.4 is 5.32 Å². The summed E-state index contributed by atoms with van der Waals surface area (Å²) in [7, 11) is 0. The molecule has 1 aliphatic heterocycles. The minimum Gasteiger partial charge on any atom is -0.501 e. The van der Waals surface area contributed by atoms with E-state index in [-0.39, 0.29) is 0 Å². The number of nitrogens with one attached hydrogen (secondary N) is 1. The number of thiophene rings is 1. The maximum Gasteiger partial charge on any atom is 0.0876 e. The molecule has 1 aromatic rings. The molecule has 2 nitrogen and oxygen atoms in total. The van der Waals surface area contributed by atoms with E-state index in [1.54, 1.807) is 11.3 Å². The lowest BCUT2D eigenvalue weighted by atomic mass is 9.97. The van der Waals surface area contributed by atoms with Crippen molar-refractivity contribution in [3.63, 3.8) is 0 Å². The Morgan fingerprint density at radius 2 is 2.50 bits per heavy atom. The highest BCUT2D eigenvalue weighted by Crippen LogP contribution is 2.30. The van der Waals surface area contributed by atoms with Gasteiger partial charge in [0, 0.05) is 0 Å². The zero-order valence-electron chi connectivity index (χ0n) is 9.33. The normalized spacial score (nSPS) is 17.8. The Morgan fingerprint density at radius 1 is 1.62 bits per heavy atom. The van der Waals surface area contributed by atoms with E-state index in [9.17, 15) is 0 Å². The van der Waals surface area contributed by atoms with Crippen molar-refractivity contribution in [2.75, 3.05) is 13.2 Å². The molecule has 0 fully saturated rings. The summed E-state index contributed by atoms with van der Waals surface area (Å²) in [6, 6.07) is 2.60. The predicted molar refractivity (Wildman–Crippen MR) is 76.7 cm³/mol. The van der Waals surface area contributed by atoms with Gasteiger partial charge in [-0.05, 0) is 64.6 Å². The molecule has 4 heteroatoms. The summed E-state index contributed by atoms with van der Waals surface area (Å²) in [4.78, 5) is 0. The minimum absolute atomic E-state index is 0.338.